The third-order valence-electron chi connectivity index (χ3n) is 4.89. The number of carbonyl (C=O) groups is 3. The molecular formula is C22H28O7. The Morgan fingerprint density at radius 2 is 1.72 bits per heavy atom. The number of benzene rings is 1. The van der Waals surface area contributed by atoms with E-state index in [1.54, 1.807) is 24.3 Å². The average Bonchev–Trinajstić information content (AvgIpc) is 2.69. The normalized spacial score (nSPS) is 16.4. The minimum Gasteiger partial charge on any atom is -0.487 e. The largest absolute Gasteiger partial charge is 0.487 e. The molecule has 1 atom stereocenters. The molecule has 1 aromatic rings. The maximum absolute atomic E-state index is 12.1. The summed E-state index contributed by atoms with van der Waals surface area (Å²) >= 11 is 0. The number of hydrogen-bond acceptors (Lipinski definition) is 6. The van der Waals surface area contributed by atoms with E-state index < -0.39 is 17.5 Å². The van der Waals surface area contributed by atoms with Gasteiger partial charge in [0.2, 0.25) is 0 Å². The lowest BCUT2D eigenvalue weighted by Crippen LogP contribution is -2.34. The van der Waals surface area contributed by atoms with Crippen molar-refractivity contribution in [2.24, 2.45) is 5.92 Å². The van der Waals surface area contributed by atoms with E-state index in [2.05, 4.69) is 0 Å². The standard InChI is InChI=1S/C22H28O7/c1-22(2,27)21(26)16-8-10-17(11-9-16)29-18(15-6-4-3-5-7-15)14-28-20(25)13-12-19(23)24/h8-13,15,18,27H,3-7,14H2,1-2H3,(H,23,24)/b13-12-. The highest BCUT2D eigenvalue weighted by molar-refractivity contribution is 6.01. The Balaban J connectivity index is 2.05. The number of esters is 1. The fourth-order valence-electron chi connectivity index (χ4n) is 3.34. The van der Waals surface area contributed by atoms with Crippen LogP contribution in [0.15, 0.2) is 36.4 Å². The molecule has 0 spiro atoms. The number of hydrogen-bond donors (Lipinski definition) is 2. The molecule has 7 nitrogen and oxygen atoms in total. The summed E-state index contributed by atoms with van der Waals surface area (Å²) in [5, 5.41) is 18.4. The lowest BCUT2D eigenvalue weighted by atomic mass is 9.85. The Hall–Kier alpha value is -2.67. The molecule has 0 bridgehead atoms. The molecule has 2 rings (SSSR count). The van der Waals surface area contributed by atoms with E-state index in [1.165, 1.54) is 13.8 Å². The monoisotopic (exact) mass is 404 g/mol. The molecule has 0 aliphatic heterocycles. The van der Waals surface area contributed by atoms with Gasteiger partial charge in [-0.2, -0.15) is 0 Å². The number of carboxylic acids is 1. The highest BCUT2D eigenvalue weighted by atomic mass is 16.6. The molecule has 1 aliphatic carbocycles. The molecule has 158 valence electrons. The quantitative estimate of drug-likeness (QED) is 0.369. The molecule has 1 saturated carbocycles. The zero-order valence-corrected chi connectivity index (χ0v) is 16.8. The van der Waals surface area contributed by atoms with Crippen molar-refractivity contribution in [1.29, 1.82) is 0 Å². The van der Waals surface area contributed by atoms with Gasteiger partial charge in [-0.1, -0.05) is 19.3 Å². The Kier molecular flexibility index (Phi) is 7.96. The molecule has 7 heteroatoms. The Bertz CT molecular complexity index is 737. The van der Waals surface area contributed by atoms with Gasteiger partial charge in [0.25, 0.3) is 0 Å². The average molecular weight is 404 g/mol. The lowest BCUT2D eigenvalue weighted by Gasteiger charge is -2.30. The van der Waals surface area contributed by atoms with Crippen LogP contribution in [0.5, 0.6) is 5.75 Å². The van der Waals surface area contributed by atoms with Crippen molar-refractivity contribution in [3.8, 4) is 5.75 Å². The Labute approximate surface area is 170 Å². The second kappa shape index (κ2) is 10.2. The van der Waals surface area contributed by atoms with Crippen molar-refractivity contribution in [3.05, 3.63) is 42.0 Å². The van der Waals surface area contributed by atoms with Crippen LogP contribution in [0.1, 0.15) is 56.3 Å². The van der Waals surface area contributed by atoms with Crippen molar-refractivity contribution < 1.29 is 34.1 Å². The van der Waals surface area contributed by atoms with Crippen LogP contribution in [0.3, 0.4) is 0 Å². The van der Waals surface area contributed by atoms with Gasteiger partial charge < -0.3 is 19.7 Å². The molecule has 1 aromatic carbocycles. The zero-order chi connectivity index (χ0) is 21.4. The molecular weight excluding hydrogens is 376 g/mol. The summed E-state index contributed by atoms with van der Waals surface area (Å²) in [5.41, 5.74) is -1.07. The van der Waals surface area contributed by atoms with E-state index >= 15 is 0 Å². The zero-order valence-electron chi connectivity index (χ0n) is 16.8. The third kappa shape index (κ3) is 7.34. The number of ketones is 1. The summed E-state index contributed by atoms with van der Waals surface area (Å²) in [6.45, 7) is 2.88. The molecule has 0 heterocycles. The molecule has 1 fully saturated rings. The van der Waals surface area contributed by atoms with Gasteiger partial charge in [-0.25, -0.2) is 9.59 Å². The summed E-state index contributed by atoms with van der Waals surface area (Å²) in [6.07, 6.45) is 6.48. The second-order valence-corrected chi connectivity index (χ2v) is 7.77. The highest BCUT2D eigenvalue weighted by Crippen LogP contribution is 2.29. The third-order valence-corrected chi connectivity index (χ3v) is 4.89. The number of carbonyl (C=O) groups excluding carboxylic acids is 2. The van der Waals surface area contributed by atoms with Crippen molar-refractivity contribution in [1.82, 2.24) is 0 Å². The maximum Gasteiger partial charge on any atom is 0.331 e. The number of aliphatic carboxylic acids is 1. The van der Waals surface area contributed by atoms with Crippen LogP contribution in [0.25, 0.3) is 0 Å². The summed E-state index contributed by atoms with van der Waals surface area (Å²) in [7, 11) is 0. The summed E-state index contributed by atoms with van der Waals surface area (Å²) in [5.74, 6) is -1.58. The molecule has 1 aliphatic rings. The SMILES string of the molecule is CC(C)(O)C(=O)c1ccc(OC(COC(=O)/C=C\C(=O)O)C2CCCCC2)cc1. The first-order chi connectivity index (χ1) is 13.7. The Morgan fingerprint density at radius 3 is 2.28 bits per heavy atom. The van der Waals surface area contributed by atoms with Crippen LogP contribution < -0.4 is 4.74 Å². The van der Waals surface area contributed by atoms with E-state index in [0.29, 0.717) is 11.3 Å². The molecule has 1 unspecified atom stereocenters. The number of carboxylic acid groups (broad SMARTS) is 1. The van der Waals surface area contributed by atoms with Crippen LogP contribution in [-0.2, 0) is 14.3 Å². The first kappa shape index (κ1) is 22.6. The molecule has 0 amide bonds. The van der Waals surface area contributed by atoms with Gasteiger partial charge in [0.1, 0.15) is 24.1 Å². The molecule has 29 heavy (non-hydrogen) atoms. The summed E-state index contributed by atoms with van der Waals surface area (Å²) < 4.78 is 11.2. The summed E-state index contributed by atoms with van der Waals surface area (Å²) in [6, 6.07) is 6.49. The summed E-state index contributed by atoms with van der Waals surface area (Å²) in [4.78, 5) is 34.4. The molecule has 0 radical (unpaired) electrons. The lowest BCUT2D eigenvalue weighted by molar-refractivity contribution is -0.142. The fraction of sp³-hybridized carbons (Fsp3) is 0.500. The van der Waals surface area contributed by atoms with E-state index in [0.717, 1.165) is 44.3 Å². The van der Waals surface area contributed by atoms with Crippen LogP contribution in [-0.4, -0.2) is 46.2 Å². The van der Waals surface area contributed by atoms with Crippen molar-refractivity contribution in [2.75, 3.05) is 6.61 Å². The van der Waals surface area contributed by atoms with Gasteiger partial charge in [0.15, 0.2) is 5.78 Å². The van der Waals surface area contributed by atoms with Crippen LogP contribution in [0, 0.1) is 5.92 Å². The minimum atomic E-state index is -1.45. The number of ether oxygens (including phenoxy) is 2. The van der Waals surface area contributed by atoms with E-state index in [1.807, 2.05) is 0 Å². The van der Waals surface area contributed by atoms with Crippen molar-refractivity contribution in [3.63, 3.8) is 0 Å². The van der Waals surface area contributed by atoms with Crippen molar-refractivity contribution in [2.45, 2.75) is 57.7 Å². The van der Waals surface area contributed by atoms with E-state index in [9.17, 15) is 19.5 Å². The van der Waals surface area contributed by atoms with Gasteiger partial charge in [0, 0.05) is 17.7 Å². The van der Waals surface area contributed by atoms with Gasteiger partial charge in [-0.15, -0.1) is 0 Å². The fourth-order valence-corrected chi connectivity index (χ4v) is 3.34. The van der Waals surface area contributed by atoms with Gasteiger partial charge in [-0.3, -0.25) is 4.79 Å². The maximum atomic E-state index is 12.1. The minimum absolute atomic E-state index is 0.0117. The Morgan fingerprint density at radius 1 is 1.10 bits per heavy atom. The predicted octanol–water partition coefficient (Wildman–Crippen LogP) is 3.15. The van der Waals surface area contributed by atoms with Gasteiger partial charge >= 0.3 is 11.9 Å². The number of aliphatic hydroxyl groups is 1. The highest BCUT2D eigenvalue weighted by Gasteiger charge is 2.28. The van der Waals surface area contributed by atoms with Gasteiger partial charge in [-0.05, 0) is 56.9 Å². The predicted molar refractivity (Wildman–Crippen MR) is 106 cm³/mol. The van der Waals surface area contributed by atoms with Gasteiger partial charge in [0.05, 0.1) is 0 Å². The smallest absolute Gasteiger partial charge is 0.331 e. The van der Waals surface area contributed by atoms with E-state index in [4.69, 9.17) is 14.6 Å². The van der Waals surface area contributed by atoms with E-state index in [-0.39, 0.29) is 24.4 Å². The first-order valence-corrected chi connectivity index (χ1v) is 9.78. The van der Waals surface area contributed by atoms with Crippen LogP contribution in [0.4, 0.5) is 0 Å². The topological polar surface area (TPSA) is 110 Å². The van der Waals surface area contributed by atoms with Crippen LogP contribution in [0.2, 0.25) is 0 Å². The number of Topliss-reactive ketones (excluding diaryl/α,β-unsaturated/α-hetero) is 1. The first-order valence-electron chi connectivity index (χ1n) is 9.78. The van der Waals surface area contributed by atoms with Crippen molar-refractivity contribution >= 4 is 17.7 Å². The molecule has 0 saturated heterocycles. The second-order valence-electron chi connectivity index (χ2n) is 7.77. The molecule has 0 aromatic heterocycles. The molecule has 2 N–H and O–H groups in total. The van der Waals surface area contributed by atoms with Crippen LogP contribution >= 0.6 is 0 Å². The number of rotatable bonds is 9.